The molecule has 3 nitrogen and oxygen atoms in total. The van der Waals surface area contributed by atoms with E-state index in [-0.39, 0.29) is 0 Å². The Morgan fingerprint density at radius 2 is 2.00 bits per heavy atom. The number of rotatable bonds is 2. The zero-order chi connectivity index (χ0) is 12.5. The molecule has 92 valence electrons. The molecule has 0 bridgehead atoms. The van der Waals surface area contributed by atoms with Crippen LogP contribution >= 0.6 is 0 Å². The maximum Gasteiger partial charge on any atom is 0.126 e. The average molecular weight is 240 g/mol. The number of anilines is 1. The molecule has 0 N–H and O–H groups in total. The van der Waals surface area contributed by atoms with Crippen LogP contribution in [-0.4, -0.2) is 25.7 Å². The first-order valence-corrected chi connectivity index (χ1v) is 6.12. The fourth-order valence-electron chi connectivity index (χ4n) is 2.59. The van der Waals surface area contributed by atoms with Gasteiger partial charge in [-0.15, -0.1) is 0 Å². The summed E-state index contributed by atoms with van der Waals surface area (Å²) in [6.07, 6.45) is 4.97. The number of benzene rings is 1. The van der Waals surface area contributed by atoms with Crippen molar-refractivity contribution in [1.82, 2.24) is 4.98 Å². The Bertz CT molecular complexity index is 580. The van der Waals surface area contributed by atoms with Gasteiger partial charge in [0, 0.05) is 37.1 Å². The van der Waals surface area contributed by atoms with Gasteiger partial charge in [0.25, 0.3) is 0 Å². The quantitative estimate of drug-likeness (QED) is 0.807. The smallest absolute Gasteiger partial charge is 0.126 e. The summed E-state index contributed by atoms with van der Waals surface area (Å²) in [6, 6.07) is 8.10. The normalized spacial score (nSPS) is 13.6. The van der Waals surface area contributed by atoms with Crippen molar-refractivity contribution in [2.24, 2.45) is 0 Å². The second-order valence-corrected chi connectivity index (χ2v) is 4.57. The zero-order valence-electron chi connectivity index (χ0n) is 10.7. The highest BCUT2D eigenvalue weighted by Crippen LogP contribution is 2.40. The van der Waals surface area contributed by atoms with E-state index in [2.05, 4.69) is 23.0 Å². The number of nitrogens with zero attached hydrogens (tertiary/aromatic N) is 2. The number of methoxy groups -OCH3 is 1. The van der Waals surface area contributed by atoms with Crippen LogP contribution in [0.15, 0.2) is 36.7 Å². The molecule has 0 aliphatic carbocycles. The van der Waals surface area contributed by atoms with Gasteiger partial charge in [-0.25, -0.2) is 0 Å². The summed E-state index contributed by atoms with van der Waals surface area (Å²) in [6.45, 7) is 1.06. The highest BCUT2D eigenvalue weighted by Gasteiger charge is 2.21. The molecule has 3 heteroatoms. The molecule has 1 aromatic carbocycles. The van der Waals surface area contributed by atoms with E-state index in [9.17, 15) is 0 Å². The van der Waals surface area contributed by atoms with E-state index >= 15 is 0 Å². The van der Waals surface area contributed by atoms with Gasteiger partial charge >= 0.3 is 0 Å². The summed E-state index contributed by atoms with van der Waals surface area (Å²) in [5.41, 5.74) is 4.87. The Balaban J connectivity index is 2.21. The van der Waals surface area contributed by atoms with E-state index < -0.39 is 0 Å². The van der Waals surface area contributed by atoms with Crippen LogP contribution in [0.2, 0.25) is 0 Å². The van der Waals surface area contributed by atoms with E-state index in [0.717, 1.165) is 29.8 Å². The lowest BCUT2D eigenvalue weighted by atomic mass is 10.0. The van der Waals surface area contributed by atoms with Gasteiger partial charge in [0.1, 0.15) is 5.75 Å². The van der Waals surface area contributed by atoms with Crippen LogP contribution < -0.4 is 9.64 Å². The fourth-order valence-corrected chi connectivity index (χ4v) is 2.59. The Hall–Kier alpha value is -2.03. The van der Waals surface area contributed by atoms with Crippen LogP contribution in [0.25, 0.3) is 11.1 Å². The SMILES string of the molecule is COc1ccccc1-c1cncc2c1N(C)CC2. The lowest BCUT2D eigenvalue weighted by Gasteiger charge is -2.17. The summed E-state index contributed by atoms with van der Waals surface area (Å²) in [5, 5.41) is 0. The first-order chi connectivity index (χ1) is 8.81. The zero-order valence-corrected chi connectivity index (χ0v) is 10.7. The summed E-state index contributed by atoms with van der Waals surface area (Å²) in [4.78, 5) is 6.65. The van der Waals surface area contributed by atoms with E-state index in [1.165, 1.54) is 11.3 Å². The van der Waals surface area contributed by atoms with E-state index in [4.69, 9.17) is 4.74 Å². The molecule has 0 atom stereocenters. The molecule has 2 aromatic rings. The topological polar surface area (TPSA) is 25.4 Å². The molecule has 0 saturated carbocycles. The van der Waals surface area contributed by atoms with Crippen LogP contribution in [0, 0.1) is 0 Å². The summed E-state index contributed by atoms with van der Waals surface area (Å²) in [7, 11) is 3.84. The molecule has 3 rings (SSSR count). The molecule has 2 heterocycles. The minimum Gasteiger partial charge on any atom is -0.496 e. The number of hydrogen-bond acceptors (Lipinski definition) is 3. The van der Waals surface area contributed by atoms with Crippen molar-refractivity contribution in [3.05, 3.63) is 42.2 Å². The number of para-hydroxylation sites is 1. The highest BCUT2D eigenvalue weighted by molar-refractivity contribution is 5.84. The van der Waals surface area contributed by atoms with Crippen molar-refractivity contribution in [3.63, 3.8) is 0 Å². The van der Waals surface area contributed by atoms with Crippen molar-refractivity contribution in [1.29, 1.82) is 0 Å². The Labute approximate surface area is 107 Å². The molecule has 1 aliphatic rings. The molecule has 0 amide bonds. The third kappa shape index (κ3) is 1.63. The van der Waals surface area contributed by atoms with Crippen LogP contribution in [-0.2, 0) is 6.42 Å². The van der Waals surface area contributed by atoms with Gasteiger partial charge in [-0.2, -0.15) is 0 Å². The van der Waals surface area contributed by atoms with Crippen molar-refractivity contribution >= 4 is 5.69 Å². The second kappa shape index (κ2) is 4.33. The maximum absolute atomic E-state index is 5.45. The van der Waals surface area contributed by atoms with Crippen molar-refractivity contribution in [2.45, 2.75) is 6.42 Å². The van der Waals surface area contributed by atoms with Gasteiger partial charge in [0.15, 0.2) is 0 Å². The minimum atomic E-state index is 0.896. The monoisotopic (exact) mass is 240 g/mol. The molecule has 1 aliphatic heterocycles. The van der Waals surface area contributed by atoms with Gasteiger partial charge in [0.2, 0.25) is 0 Å². The summed E-state index contributed by atoms with van der Waals surface area (Å²) >= 11 is 0. The fraction of sp³-hybridized carbons (Fsp3) is 0.267. The van der Waals surface area contributed by atoms with Gasteiger partial charge in [-0.1, -0.05) is 18.2 Å². The average Bonchev–Trinajstić information content (AvgIpc) is 2.81. The van der Waals surface area contributed by atoms with E-state index in [0.29, 0.717) is 0 Å². The number of likely N-dealkylation sites (N-methyl/N-ethyl adjacent to an activating group) is 1. The highest BCUT2D eigenvalue weighted by atomic mass is 16.5. The summed E-state index contributed by atoms with van der Waals surface area (Å²) < 4.78 is 5.45. The van der Waals surface area contributed by atoms with Crippen molar-refractivity contribution in [2.75, 3.05) is 25.6 Å². The second-order valence-electron chi connectivity index (χ2n) is 4.57. The van der Waals surface area contributed by atoms with Gasteiger partial charge in [0.05, 0.1) is 12.8 Å². The molecular weight excluding hydrogens is 224 g/mol. The predicted molar refractivity (Wildman–Crippen MR) is 73.2 cm³/mol. The number of ether oxygens (including phenoxy) is 1. The lowest BCUT2D eigenvalue weighted by molar-refractivity contribution is 0.416. The largest absolute Gasteiger partial charge is 0.496 e. The predicted octanol–water partition coefficient (Wildman–Crippen LogP) is 2.75. The number of aromatic nitrogens is 1. The Kier molecular flexibility index (Phi) is 2.67. The summed E-state index contributed by atoms with van der Waals surface area (Å²) in [5.74, 6) is 0.896. The van der Waals surface area contributed by atoms with Crippen LogP contribution in [0.4, 0.5) is 5.69 Å². The van der Waals surface area contributed by atoms with Crippen LogP contribution in [0.3, 0.4) is 0 Å². The van der Waals surface area contributed by atoms with Crippen LogP contribution in [0.5, 0.6) is 5.75 Å². The van der Waals surface area contributed by atoms with Crippen LogP contribution in [0.1, 0.15) is 5.56 Å². The molecule has 1 aromatic heterocycles. The number of pyridine rings is 1. The standard InChI is InChI=1S/C15H16N2O/c1-17-8-7-11-9-16-10-13(15(11)17)12-5-3-4-6-14(12)18-2/h3-6,9-10H,7-8H2,1-2H3. The molecule has 0 saturated heterocycles. The maximum atomic E-state index is 5.45. The number of fused-ring (bicyclic) bond motifs is 1. The van der Waals surface area contributed by atoms with E-state index in [1.54, 1.807) is 7.11 Å². The molecule has 0 spiro atoms. The molecule has 18 heavy (non-hydrogen) atoms. The molecule has 0 unspecified atom stereocenters. The van der Waals surface area contributed by atoms with Crippen molar-refractivity contribution < 1.29 is 4.74 Å². The minimum absolute atomic E-state index is 0.896. The van der Waals surface area contributed by atoms with Gasteiger partial charge in [-0.05, 0) is 18.1 Å². The molecular formula is C15H16N2O. The number of hydrogen-bond donors (Lipinski definition) is 0. The third-order valence-corrected chi connectivity index (χ3v) is 3.49. The Morgan fingerprint density at radius 3 is 2.83 bits per heavy atom. The lowest BCUT2D eigenvalue weighted by Crippen LogP contribution is -2.13. The van der Waals surface area contributed by atoms with Crippen molar-refractivity contribution in [3.8, 4) is 16.9 Å². The first kappa shape index (κ1) is 11.1. The first-order valence-electron chi connectivity index (χ1n) is 6.12. The third-order valence-electron chi connectivity index (χ3n) is 3.49. The van der Waals surface area contributed by atoms with Gasteiger partial charge < -0.3 is 9.64 Å². The molecule has 0 radical (unpaired) electrons. The molecule has 0 fully saturated rings. The van der Waals surface area contributed by atoms with E-state index in [1.807, 2.05) is 30.6 Å². The van der Waals surface area contributed by atoms with Gasteiger partial charge in [-0.3, -0.25) is 4.98 Å². The Morgan fingerprint density at radius 1 is 1.17 bits per heavy atom.